The summed E-state index contributed by atoms with van der Waals surface area (Å²) in [5.74, 6) is -2.78. The minimum Gasteiger partial charge on any atom is -0.469 e. The van der Waals surface area contributed by atoms with Crippen molar-refractivity contribution in [2.45, 2.75) is 18.6 Å². The number of ether oxygens (including phenoxy) is 1. The first-order valence-electron chi connectivity index (χ1n) is 4.82. The number of nitrogens with one attached hydrogen (secondary N) is 1. The van der Waals surface area contributed by atoms with E-state index in [1.165, 1.54) is 6.07 Å². The van der Waals surface area contributed by atoms with Crippen LogP contribution in [0.2, 0.25) is 0 Å². The fraction of sp³-hybridized carbons (Fsp3) is 0.400. The highest BCUT2D eigenvalue weighted by molar-refractivity contribution is 7.10. The van der Waals surface area contributed by atoms with Crippen LogP contribution in [0.15, 0.2) is 17.5 Å². The number of amides is 1. The number of thiophene rings is 1. The Morgan fingerprint density at radius 1 is 1.50 bits per heavy atom. The van der Waals surface area contributed by atoms with Crippen LogP contribution in [0.3, 0.4) is 0 Å². The summed E-state index contributed by atoms with van der Waals surface area (Å²) in [5, 5.41) is 3.41. The van der Waals surface area contributed by atoms with Crippen molar-refractivity contribution in [3.05, 3.63) is 22.4 Å². The summed E-state index contributed by atoms with van der Waals surface area (Å²) < 4.78 is 40.8. The molecule has 0 aliphatic heterocycles. The molecule has 0 fully saturated rings. The molecule has 1 heterocycles. The first kappa shape index (κ1) is 14.5. The van der Waals surface area contributed by atoms with Gasteiger partial charge in [0.15, 0.2) is 0 Å². The van der Waals surface area contributed by atoms with E-state index in [1.807, 2.05) is 0 Å². The molecule has 1 amide bonds. The van der Waals surface area contributed by atoms with Gasteiger partial charge in [-0.2, -0.15) is 13.2 Å². The summed E-state index contributed by atoms with van der Waals surface area (Å²) in [6, 6.07) is 2.12. The zero-order valence-electron chi connectivity index (χ0n) is 9.28. The number of alkyl halides is 3. The number of rotatable bonds is 4. The van der Waals surface area contributed by atoms with Crippen molar-refractivity contribution in [1.82, 2.24) is 5.32 Å². The molecule has 8 heteroatoms. The Hall–Kier alpha value is -1.57. The average molecular weight is 281 g/mol. The number of carbonyl (C=O) groups is 2. The monoisotopic (exact) mass is 281 g/mol. The van der Waals surface area contributed by atoms with Crippen LogP contribution >= 0.6 is 11.3 Å². The van der Waals surface area contributed by atoms with Crippen LogP contribution in [0, 0.1) is 0 Å². The third-order valence-electron chi connectivity index (χ3n) is 2.05. The predicted molar refractivity (Wildman–Crippen MR) is 57.9 cm³/mol. The predicted octanol–water partition coefficient (Wildman–Crippen LogP) is 2.03. The summed E-state index contributed by atoms with van der Waals surface area (Å²) in [5.41, 5.74) is 0. The number of methoxy groups -OCH3 is 1. The van der Waals surface area contributed by atoms with Crippen molar-refractivity contribution in [3.8, 4) is 0 Å². The minimum atomic E-state index is -4.98. The van der Waals surface area contributed by atoms with E-state index in [2.05, 4.69) is 4.74 Å². The highest BCUT2D eigenvalue weighted by Gasteiger charge is 2.40. The van der Waals surface area contributed by atoms with Gasteiger partial charge in [0.1, 0.15) is 0 Å². The molecule has 1 aromatic rings. The molecule has 0 aliphatic carbocycles. The Morgan fingerprint density at radius 3 is 2.61 bits per heavy atom. The molecular formula is C10H10F3NO3S. The Bertz CT molecular complexity index is 417. The molecule has 0 spiro atoms. The lowest BCUT2D eigenvalue weighted by molar-refractivity contribution is -0.174. The van der Waals surface area contributed by atoms with Crippen molar-refractivity contribution in [2.24, 2.45) is 0 Å². The van der Waals surface area contributed by atoms with Gasteiger partial charge >= 0.3 is 18.1 Å². The second-order valence-electron chi connectivity index (χ2n) is 3.32. The van der Waals surface area contributed by atoms with Gasteiger partial charge in [-0.15, -0.1) is 11.3 Å². The smallest absolute Gasteiger partial charge is 0.469 e. The van der Waals surface area contributed by atoms with Gasteiger partial charge in [-0.25, -0.2) is 0 Å². The number of halogens is 3. The molecule has 4 nitrogen and oxygen atoms in total. The zero-order valence-corrected chi connectivity index (χ0v) is 10.1. The topological polar surface area (TPSA) is 55.4 Å². The van der Waals surface area contributed by atoms with Crippen molar-refractivity contribution < 1.29 is 27.5 Å². The van der Waals surface area contributed by atoms with Gasteiger partial charge in [0.05, 0.1) is 19.6 Å². The summed E-state index contributed by atoms with van der Waals surface area (Å²) in [6.07, 6.45) is -5.33. The summed E-state index contributed by atoms with van der Waals surface area (Å²) in [4.78, 5) is 22.4. The van der Waals surface area contributed by atoms with E-state index in [0.717, 1.165) is 18.4 Å². The van der Waals surface area contributed by atoms with Crippen LogP contribution in [0.5, 0.6) is 0 Å². The number of carbonyl (C=O) groups excluding carboxylic acids is 2. The molecule has 1 aromatic heterocycles. The number of esters is 1. The molecule has 1 rings (SSSR count). The van der Waals surface area contributed by atoms with E-state index >= 15 is 0 Å². The van der Waals surface area contributed by atoms with E-state index < -0.39 is 24.1 Å². The van der Waals surface area contributed by atoms with Gasteiger partial charge in [-0.3, -0.25) is 9.59 Å². The maximum absolute atomic E-state index is 12.1. The van der Waals surface area contributed by atoms with E-state index in [1.54, 1.807) is 16.8 Å². The van der Waals surface area contributed by atoms with Crippen molar-refractivity contribution in [1.29, 1.82) is 0 Å². The van der Waals surface area contributed by atoms with Crippen molar-refractivity contribution >= 4 is 23.2 Å². The molecule has 100 valence electrons. The lowest BCUT2D eigenvalue weighted by Crippen LogP contribution is -2.39. The fourth-order valence-corrected chi connectivity index (χ4v) is 1.98. The molecule has 0 radical (unpaired) electrons. The molecule has 0 bridgehead atoms. The van der Waals surface area contributed by atoms with Crippen LogP contribution in [0.4, 0.5) is 13.2 Å². The van der Waals surface area contributed by atoms with Gasteiger partial charge in [-0.1, -0.05) is 6.07 Å². The molecule has 0 saturated heterocycles. The number of hydrogen-bond acceptors (Lipinski definition) is 4. The molecule has 0 aromatic carbocycles. The highest BCUT2D eigenvalue weighted by atomic mass is 32.1. The molecule has 1 atom stereocenters. The highest BCUT2D eigenvalue weighted by Crippen LogP contribution is 2.24. The van der Waals surface area contributed by atoms with E-state index in [-0.39, 0.29) is 6.42 Å². The third-order valence-corrected chi connectivity index (χ3v) is 3.03. The Balaban J connectivity index is 2.79. The maximum Gasteiger partial charge on any atom is 0.471 e. The van der Waals surface area contributed by atoms with Gasteiger partial charge in [0, 0.05) is 4.88 Å². The summed E-state index contributed by atoms with van der Waals surface area (Å²) in [7, 11) is 1.12. The van der Waals surface area contributed by atoms with E-state index in [4.69, 9.17) is 0 Å². The molecule has 18 heavy (non-hydrogen) atoms. The van der Waals surface area contributed by atoms with Crippen LogP contribution in [0.25, 0.3) is 0 Å². The van der Waals surface area contributed by atoms with Gasteiger partial charge in [0.25, 0.3) is 0 Å². The Kier molecular flexibility index (Phi) is 4.71. The lowest BCUT2D eigenvalue weighted by Gasteiger charge is -2.17. The molecule has 0 aliphatic rings. The second kappa shape index (κ2) is 5.85. The first-order chi connectivity index (χ1) is 8.34. The Morgan fingerprint density at radius 2 is 2.17 bits per heavy atom. The lowest BCUT2D eigenvalue weighted by atomic mass is 10.1. The summed E-state index contributed by atoms with van der Waals surface area (Å²) in [6.45, 7) is 0. The van der Waals surface area contributed by atoms with Crippen LogP contribution < -0.4 is 5.32 Å². The van der Waals surface area contributed by atoms with E-state index in [0.29, 0.717) is 4.88 Å². The average Bonchev–Trinajstić information content (AvgIpc) is 2.79. The normalized spacial score (nSPS) is 12.9. The molecule has 1 N–H and O–H groups in total. The molecule has 0 saturated carbocycles. The van der Waals surface area contributed by atoms with Gasteiger partial charge in [0.2, 0.25) is 0 Å². The second-order valence-corrected chi connectivity index (χ2v) is 4.30. The molecular weight excluding hydrogens is 271 g/mol. The third kappa shape index (κ3) is 4.02. The van der Waals surface area contributed by atoms with Crippen molar-refractivity contribution in [2.75, 3.05) is 7.11 Å². The fourth-order valence-electron chi connectivity index (χ4n) is 1.20. The zero-order chi connectivity index (χ0) is 13.8. The standard InChI is InChI=1S/C10H10F3NO3S/c1-17-8(15)5-6(7-3-2-4-18-7)14-9(16)10(11,12)13/h2-4,6H,5H2,1H3,(H,14,16). The first-order valence-corrected chi connectivity index (χ1v) is 5.70. The number of hydrogen-bond donors (Lipinski definition) is 1. The summed E-state index contributed by atoms with van der Waals surface area (Å²) >= 11 is 1.15. The largest absolute Gasteiger partial charge is 0.471 e. The van der Waals surface area contributed by atoms with Gasteiger partial charge < -0.3 is 10.1 Å². The maximum atomic E-state index is 12.1. The van der Waals surface area contributed by atoms with Gasteiger partial charge in [-0.05, 0) is 11.4 Å². The Labute approximate surface area is 105 Å². The van der Waals surface area contributed by atoms with Crippen LogP contribution in [-0.4, -0.2) is 25.2 Å². The quantitative estimate of drug-likeness (QED) is 0.859. The molecule has 1 unspecified atom stereocenters. The minimum absolute atomic E-state index is 0.348. The van der Waals surface area contributed by atoms with E-state index in [9.17, 15) is 22.8 Å². The van der Waals surface area contributed by atoms with Crippen molar-refractivity contribution in [3.63, 3.8) is 0 Å². The SMILES string of the molecule is COC(=O)CC(NC(=O)C(F)(F)F)c1cccs1. The van der Waals surface area contributed by atoms with Crippen LogP contribution in [0.1, 0.15) is 17.3 Å². The van der Waals surface area contributed by atoms with Crippen LogP contribution in [-0.2, 0) is 14.3 Å².